The van der Waals surface area contributed by atoms with Gasteiger partial charge in [-0.1, -0.05) is 29.5 Å². The Hall–Kier alpha value is -2.52. The second kappa shape index (κ2) is 8.69. The summed E-state index contributed by atoms with van der Waals surface area (Å²) in [5.41, 5.74) is 0.773. The Morgan fingerprint density at radius 3 is 2.53 bits per heavy atom. The lowest BCUT2D eigenvalue weighted by molar-refractivity contribution is -0.131. The normalized spacial score (nSPS) is 15.0. The number of thiazole rings is 1. The van der Waals surface area contributed by atoms with E-state index in [1.807, 2.05) is 0 Å². The summed E-state index contributed by atoms with van der Waals surface area (Å²) in [6, 6.07) is 12.9. The molecule has 158 valence electrons. The van der Waals surface area contributed by atoms with Crippen LogP contribution in [0.25, 0.3) is 10.2 Å². The summed E-state index contributed by atoms with van der Waals surface area (Å²) in [6.07, 6.45) is 0.520. The third-order valence-electron chi connectivity index (χ3n) is 5.15. The smallest absolute Gasteiger partial charge is 0.222 e. The minimum atomic E-state index is -3.36. The number of hydrogen-bond donors (Lipinski definition) is 0. The molecule has 0 aliphatic carbocycles. The topological polar surface area (TPSA) is 70.6 Å². The van der Waals surface area contributed by atoms with Crippen molar-refractivity contribution < 1.29 is 17.6 Å². The predicted octanol–water partition coefficient (Wildman–Crippen LogP) is 3.34. The standard InChI is InChI=1S/C21H22FN3O3S2/c22-16-8-9-18-19(15-16)29-21(23-18)25-12-10-24(11-13-25)20(26)7-4-14-30(27,28)17-5-2-1-3-6-17/h1-3,5-6,8-9,15H,4,7,10-14H2. The number of hydrogen-bond acceptors (Lipinski definition) is 6. The molecule has 4 rings (SSSR count). The van der Waals surface area contributed by atoms with Gasteiger partial charge in [-0.25, -0.2) is 17.8 Å². The molecule has 1 aliphatic rings. The number of rotatable bonds is 6. The zero-order valence-corrected chi connectivity index (χ0v) is 18.0. The van der Waals surface area contributed by atoms with E-state index in [0.29, 0.717) is 37.5 Å². The Balaban J connectivity index is 1.28. The molecule has 2 aromatic carbocycles. The Labute approximate surface area is 178 Å². The number of piperazine rings is 1. The van der Waals surface area contributed by atoms with Crippen LogP contribution >= 0.6 is 11.3 Å². The summed E-state index contributed by atoms with van der Waals surface area (Å²) < 4.78 is 38.8. The molecule has 0 saturated carbocycles. The summed E-state index contributed by atoms with van der Waals surface area (Å²) in [5.74, 6) is -0.336. The van der Waals surface area contributed by atoms with E-state index in [-0.39, 0.29) is 23.9 Å². The van der Waals surface area contributed by atoms with Crippen molar-refractivity contribution in [1.29, 1.82) is 0 Å². The van der Waals surface area contributed by atoms with E-state index in [2.05, 4.69) is 9.88 Å². The lowest BCUT2D eigenvalue weighted by atomic mass is 10.2. The molecule has 3 aromatic rings. The van der Waals surface area contributed by atoms with Gasteiger partial charge in [0.15, 0.2) is 15.0 Å². The van der Waals surface area contributed by atoms with E-state index < -0.39 is 9.84 Å². The van der Waals surface area contributed by atoms with Crippen molar-refractivity contribution in [3.05, 3.63) is 54.3 Å². The fourth-order valence-corrected chi connectivity index (χ4v) is 5.86. The van der Waals surface area contributed by atoms with Crippen molar-refractivity contribution in [2.75, 3.05) is 36.8 Å². The number of fused-ring (bicyclic) bond motifs is 1. The highest BCUT2D eigenvalue weighted by molar-refractivity contribution is 7.91. The second-order valence-corrected chi connectivity index (χ2v) is 10.3. The molecule has 1 aromatic heterocycles. The quantitative estimate of drug-likeness (QED) is 0.580. The van der Waals surface area contributed by atoms with Gasteiger partial charge in [0.1, 0.15) is 5.82 Å². The molecule has 0 bridgehead atoms. The molecule has 2 heterocycles. The number of benzene rings is 2. The molecule has 1 amide bonds. The molecule has 6 nitrogen and oxygen atoms in total. The first-order chi connectivity index (χ1) is 14.4. The monoisotopic (exact) mass is 447 g/mol. The highest BCUT2D eigenvalue weighted by Gasteiger charge is 2.23. The van der Waals surface area contributed by atoms with Crippen molar-refractivity contribution in [3.63, 3.8) is 0 Å². The van der Waals surface area contributed by atoms with Gasteiger partial charge in [-0.05, 0) is 36.8 Å². The summed E-state index contributed by atoms with van der Waals surface area (Å²) in [7, 11) is -3.36. The lowest BCUT2D eigenvalue weighted by Crippen LogP contribution is -2.48. The summed E-state index contributed by atoms with van der Waals surface area (Å²) in [6.45, 7) is 2.43. The van der Waals surface area contributed by atoms with E-state index in [1.165, 1.54) is 23.5 Å². The number of sulfone groups is 1. The van der Waals surface area contributed by atoms with Crippen LogP contribution in [0.1, 0.15) is 12.8 Å². The molecule has 1 fully saturated rings. The predicted molar refractivity (Wildman–Crippen MR) is 116 cm³/mol. The average molecular weight is 448 g/mol. The Kier molecular flexibility index (Phi) is 6.01. The van der Waals surface area contributed by atoms with E-state index in [0.717, 1.165) is 15.3 Å². The SMILES string of the molecule is O=C(CCCS(=O)(=O)c1ccccc1)N1CCN(c2nc3ccc(F)cc3s2)CC1. The third kappa shape index (κ3) is 4.62. The molecule has 30 heavy (non-hydrogen) atoms. The number of carbonyl (C=O) groups is 1. The number of nitrogens with zero attached hydrogens (tertiary/aromatic N) is 3. The maximum atomic E-state index is 13.4. The molecule has 0 unspecified atom stereocenters. The molecule has 1 saturated heterocycles. The number of amides is 1. The van der Waals surface area contributed by atoms with Gasteiger partial charge in [0.25, 0.3) is 0 Å². The molecule has 0 N–H and O–H groups in total. The van der Waals surface area contributed by atoms with Gasteiger partial charge in [0.2, 0.25) is 5.91 Å². The van der Waals surface area contributed by atoms with Crippen LogP contribution in [0.4, 0.5) is 9.52 Å². The van der Waals surface area contributed by atoms with Gasteiger partial charge in [-0.3, -0.25) is 4.79 Å². The van der Waals surface area contributed by atoms with Crippen LogP contribution in [0.2, 0.25) is 0 Å². The number of halogens is 1. The molecule has 0 spiro atoms. The van der Waals surface area contributed by atoms with Crippen LogP contribution < -0.4 is 4.90 Å². The highest BCUT2D eigenvalue weighted by Crippen LogP contribution is 2.30. The summed E-state index contributed by atoms with van der Waals surface area (Å²) in [4.78, 5) is 21.2. The van der Waals surface area contributed by atoms with Crippen LogP contribution in [0.5, 0.6) is 0 Å². The van der Waals surface area contributed by atoms with Crippen LogP contribution in [-0.2, 0) is 14.6 Å². The van der Waals surface area contributed by atoms with Gasteiger partial charge in [0.05, 0.1) is 20.9 Å². The van der Waals surface area contributed by atoms with Crippen molar-refractivity contribution in [2.45, 2.75) is 17.7 Å². The molecule has 1 aliphatic heterocycles. The fourth-order valence-electron chi connectivity index (χ4n) is 3.49. The van der Waals surface area contributed by atoms with Crippen LogP contribution in [0.15, 0.2) is 53.4 Å². The van der Waals surface area contributed by atoms with Crippen molar-refractivity contribution in [2.24, 2.45) is 0 Å². The van der Waals surface area contributed by atoms with E-state index in [9.17, 15) is 17.6 Å². The fraction of sp³-hybridized carbons (Fsp3) is 0.333. The largest absolute Gasteiger partial charge is 0.345 e. The maximum absolute atomic E-state index is 13.4. The van der Waals surface area contributed by atoms with Crippen molar-refractivity contribution >= 4 is 42.4 Å². The van der Waals surface area contributed by atoms with Crippen molar-refractivity contribution in [3.8, 4) is 0 Å². The first-order valence-corrected chi connectivity index (χ1v) is 12.3. The van der Waals surface area contributed by atoms with Crippen LogP contribution in [0.3, 0.4) is 0 Å². The van der Waals surface area contributed by atoms with Gasteiger partial charge < -0.3 is 9.80 Å². The van der Waals surface area contributed by atoms with E-state index >= 15 is 0 Å². The van der Waals surface area contributed by atoms with Gasteiger partial charge in [0, 0.05) is 32.6 Å². The van der Waals surface area contributed by atoms with Crippen LogP contribution in [0, 0.1) is 5.82 Å². The zero-order valence-electron chi connectivity index (χ0n) is 16.3. The summed E-state index contributed by atoms with van der Waals surface area (Å²) in [5, 5.41) is 0.830. The molecular formula is C21H22FN3O3S2. The zero-order chi connectivity index (χ0) is 21.1. The first kappa shape index (κ1) is 20.7. The Morgan fingerprint density at radius 1 is 1.07 bits per heavy atom. The molecule has 9 heteroatoms. The highest BCUT2D eigenvalue weighted by atomic mass is 32.2. The molecular weight excluding hydrogens is 425 g/mol. The average Bonchev–Trinajstić information content (AvgIpc) is 3.17. The third-order valence-corrected chi connectivity index (χ3v) is 8.04. The first-order valence-electron chi connectivity index (χ1n) is 9.79. The van der Waals surface area contributed by atoms with Crippen LogP contribution in [-0.4, -0.2) is 56.1 Å². The maximum Gasteiger partial charge on any atom is 0.222 e. The Morgan fingerprint density at radius 2 is 1.80 bits per heavy atom. The number of aromatic nitrogens is 1. The summed E-state index contributed by atoms with van der Waals surface area (Å²) >= 11 is 1.45. The van der Waals surface area contributed by atoms with Gasteiger partial charge in [-0.15, -0.1) is 0 Å². The molecule has 0 atom stereocenters. The second-order valence-electron chi connectivity index (χ2n) is 7.21. The minimum Gasteiger partial charge on any atom is -0.345 e. The number of carbonyl (C=O) groups excluding carboxylic acids is 1. The molecule has 0 radical (unpaired) electrons. The van der Waals surface area contributed by atoms with Gasteiger partial charge in [-0.2, -0.15) is 0 Å². The van der Waals surface area contributed by atoms with E-state index in [4.69, 9.17) is 0 Å². The minimum absolute atomic E-state index is 0.0238. The number of anilines is 1. The Bertz CT molecular complexity index is 1140. The van der Waals surface area contributed by atoms with E-state index in [1.54, 1.807) is 41.3 Å². The lowest BCUT2D eigenvalue weighted by Gasteiger charge is -2.34. The van der Waals surface area contributed by atoms with Crippen molar-refractivity contribution in [1.82, 2.24) is 9.88 Å². The van der Waals surface area contributed by atoms with Gasteiger partial charge >= 0.3 is 0 Å².